The van der Waals surface area contributed by atoms with E-state index in [1.165, 1.54) is 0 Å². The van der Waals surface area contributed by atoms with Crippen LogP contribution in [0.5, 0.6) is 5.75 Å². The number of nitrogens with one attached hydrogen (secondary N) is 1. The van der Waals surface area contributed by atoms with Gasteiger partial charge in [0.25, 0.3) is 0 Å². The van der Waals surface area contributed by atoms with Crippen molar-refractivity contribution in [1.29, 1.82) is 0 Å². The molecule has 0 saturated carbocycles. The molecule has 3 rings (SSSR count). The Labute approximate surface area is 160 Å². The summed E-state index contributed by atoms with van der Waals surface area (Å²) in [5, 5.41) is 4.48. The lowest BCUT2D eigenvalue weighted by Gasteiger charge is -2.31. The van der Waals surface area contributed by atoms with Gasteiger partial charge >= 0.3 is 0 Å². The van der Waals surface area contributed by atoms with Crippen molar-refractivity contribution in [2.45, 2.75) is 33.2 Å². The maximum absolute atomic E-state index is 11.9. The Morgan fingerprint density at radius 1 is 1.30 bits per heavy atom. The van der Waals surface area contributed by atoms with E-state index >= 15 is 0 Å². The number of ether oxygens (including phenoxy) is 2. The predicted molar refractivity (Wildman–Crippen MR) is 104 cm³/mol. The number of benzene rings is 1. The van der Waals surface area contributed by atoms with Crippen LogP contribution in [-0.4, -0.2) is 49.8 Å². The molecular weight excluding hydrogens is 366 g/mol. The number of hydrogen-bond donors (Lipinski definition) is 1. The van der Waals surface area contributed by atoms with Gasteiger partial charge < -0.3 is 9.47 Å². The van der Waals surface area contributed by atoms with Gasteiger partial charge in [0.15, 0.2) is 0 Å². The fraction of sp³-hybridized carbons (Fsp3) is 0.526. The molecule has 0 aliphatic carbocycles. The molecule has 27 heavy (non-hydrogen) atoms. The topological polar surface area (TPSA) is 82.5 Å². The van der Waals surface area contributed by atoms with E-state index in [1.54, 1.807) is 6.92 Å². The molecule has 0 unspecified atom stereocenters. The predicted octanol–water partition coefficient (Wildman–Crippen LogP) is 2.21. The van der Waals surface area contributed by atoms with Crippen LogP contribution in [0.1, 0.15) is 24.7 Å². The van der Waals surface area contributed by atoms with Crippen LogP contribution in [0.3, 0.4) is 0 Å². The summed E-state index contributed by atoms with van der Waals surface area (Å²) < 4.78 is 39.9. The highest BCUT2D eigenvalue weighted by molar-refractivity contribution is 7.89. The molecule has 148 valence electrons. The van der Waals surface area contributed by atoms with E-state index in [-0.39, 0.29) is 17.7 Å². The maximum atomic E-state index is 11.9. The van der Waals surface area contributed by atoms with Crippen molar-refractivity contribution in [3.63, 3.8) is 0 Å². The van der Waals surface area contributed by atoms with E-state index in [2.05, 4.69) is 9.82 Å². The molecule has 1 aromatic heterocycles. The molecule has 8 heteroatoms. The van der Waals surface area contributed by atoms with E-state index in [1.807, 2.05) is 48.9 Å². The van der Waals surface area contributed by atoms with Gasteiger partial charge in [-0.3, -0.25) is 0 Å². The zero-order chi connectivity index (χ0) is 19.4. The van der Waals surface area contributed by atoms with Crippen LogP contribution in [0, 0.1) is 19.8 Å². The lowest BCUT2D eigenvalue weighted by atomic mass is 9.98. The van der Waals surface area contributed by atoms with Gasteiger partial charge in [-0.2, -0.15) is 5.10 Å². The first-order valence-electron chi connectivity index (χ1n) is 9.22. The Bertz CT molecular complexity index is 862. The quantitative estimate of drug-likeness (QED) is 0.780. The minimum absolute atomic E-state index is 0.0178. The largest absolute Gasteiger partial charge is 0.493 e. The summed E-state index contributed by atoms with van der Waals surface area (Å²) in [6.07, 6.45) is 0.657. The van der Waals surface area contributed by atoms with Crippen molar-refractivity contribution < 1.29 is 17.9 Å². The normalized spacial score (nSPS) is 20.6. The molecule has 2 aromatic rings. The Morgan fingerprint density at radius 3 is 2.67 bits per heavy atom. The second-order valence-electron chi connectivity index (χ2n) is 6.90. The molecule has 0 radical (unpaired) electrons. The fourth-order valence-electron chi connectivity index (χ4n) is 3.21. The van der Waals surface area contributed by atoms with Gasteiger partial charge in [0.05, 0.1) is 30.3 Å². The van der Waals surface area contributed by atoms with Gasteiger partial charge in [0.1, 0.15) is 5.75 Å². The maximum Gasteiger partial charge on any atom is 0.211 e. The van der Waals surface area contributed by atoms with Gasteiger partial charge in [-0.1, -0.05) is 0 Å². The van der Waals surface area contributed by atoms with E-state index in [9.17, 15) is 8.42 Å². The SMILES string of the molecule is CCS(=O)(=O)N[C@@H]1CCOC[C@H]1COc1ccc(-n2nc(C)cc2C)cc1. The summed E-state index contributed by atoms with van der Waals surface area (Å²) in [4.78, 5) is 0. The average Bonchev–Trinajstić information content (AvgIpc) is 2.99. The van der Waals surface area contributed by atoms with Crippen molar-refractivity contribution >= 4 is 10.0 Å². The molecular formula is C19H27N3O4S. The molecule has 0 amide bonds. The lowest BCUT2D eigenvalue weighted by Crippen LogP contribution is -2.47. The van der Waals surface area contributed by atoms with Crippen LogP contribution in [0.4, 0.5) is 0 Å². The lowest BCUT2D eigenvalue weighted by molar-refractivity contribution is 0.0186. The molecule has 0 spiro atoms. The average molecular weight is 394 g/mol. The summed E-state index contributed by atoms with van der Waals surface area (Å²) >= 11 is 0. The molecule has 1 saturated heterocycles. The van der Waals surface area contributed by atoms with Crippen molar-refractivity contribution in [2.75, 3.05) is 25.6 Å². The highest BCUT2D eigenvalue weighted by Gasteiger charge is 2.29. The molecule has 1 fully saturated rings. The van der Waals surface area contributed by atoms with E-state index < -0.39 is 10.0 Å². The summed E-state index contributed by atoms with van der Waals surface area (Å²) in [5.74, 6) is 0.796. The van der Waals surface area contributed by atoms with Crippen LogP contribution in [0.15, 0.2) is 30.3 Å². The van der Waals surface area contributed by atoms with Crippen molar-refractivity contribution in [2.24, 2.45) is 5.92 Å². The van der Waals surface area contributed by atoms with E-state index in [0.717, 1.165) is 22.8 Å². The molecule has 1 aromatic carbocycles. The van der Waals surface area contributed by atoms with Crippen LogP contribution in [0.25, 0.3) is 5.69 Å². The molecule has 1 N–H and O–H groups in total. The zero-order valence-corrected chi connectivity index (χ0v) is 16.8. The second-order valence-corrected chi connectivity index (χ2v) is 8.94. The van der Waals surface area contributed by atoms with E-state index in [0.29, 0.717) is 26.2 Å². The summed E-state index contributed by atoms with van der Waals surface area (Å²) in [7, 11) is -3.24. The number of hydrogen-bond acceptors (Lipinski definition) is 5. The third-order valence-electron chi connectivity index (χ3n) is 4.74. The second kappa shape index (κ2) is 8.41. The molecule has 1 aliphatic heterocycles. The Kier molecular flexibility index (Phi) is 6.18. The van der Waals surface area contributed by atoms with E-state index in [4.69, 9.17) is 9.47 Å². The monoisotopic (exact) mass is 393 g/mol. The van der Waals surface area contributed by atoms with Crippen LogP contribution >= 0.6 is 0 Å². The smallest absolute Gasteiger partial charge is 0.211 e. The number of nitrogens with zero attached hydrogens (tertiary/aromatic N) is 2. The highest BCUT2D eigenvalue weighted by atomic mass is 32.2. The Hall–Kier alpha value is -1.90. The first-order chi connectivity index (χ1) is 12.9. The Balaban J connectivity index is 1.62. The minimum atomic E-state index is -3.24. The van der Waals surface area contributed by atoms with Crippen molar-refractivity contribution in [3.05, 3.63) is 41.7 Å². The van der Waals surface area contributed by atoms with Gasteiger partial charge in [-0.25, -0.2) is 17.8 Å². The van der Waals surface area contributed by atoms with Gasteiger partial charge in [-0.05, 0) is 57.5 Å². The summed E-state index contributed by atoms with van der Waals surface area (Å²) in [6.45, 7) is 7.07. The molecule has 1 aliphatic rings. The first-order valence-corrected chi connectivity index (χ1v) is 10.9. The Morgan fingerprint density at radius 2 is 2.04 bits per heavy atom. The third-order valence-corrected chi connectivity index (χ3v) is 6.16. The standard InChI is InChI=1S/C19H27N3O4S/c1-4-27(23,24)21-19-9-10-25-12-16(19)13-26-18-7-5-17(6-8-18)22-15(3)11-14(2)20-22/h5-8,11,16,19,21H,4,9-10,12-13H2,1-3H3/t16-,19+/m0/s1. The minimum Gasteiger partial charge on any atom is -0.493 e. The number of aryl methyl sites for hydroxylation is 2. The van der Waals surface area contributed by atoms with Crippen LogP contribution in [-0.2, 0) is 14.8 Å². The molecule has 7 nitrogen and oxygen atoms in total. The zero-order valence-electron chi connectivity index (χ0n) is 16.0. The van der Waals surface area contributed by atoms with Crippen LogP contribution in [0.2, 0.25) is 0 Å². The molecule has 2 heterocycles. The van der Waals surface area contributed by atoms with Crippen molar-refractivity contribution in [3.8, 4) is 11.4 Å². The number of aromatic nitrogens is 2. The van der Waals surface area contributed by atoms with Crippen molar-refractivity contribution in [1.82, 2.24) is 14.5 Å². The fourth-order valence-corrected chi connectivity index (χ4v) is 4.15. The number of sulfonamides is 1. The third kappa shape index (κ3) is 5.09. The van der Waals surface area contributed by atoms with Gasteiger partial charge in [0.2, 0.25) is 10.0 Å². The summed E-state index contributed by atoms with van der Waals surface area (Å²) in [6, 6.07) is 9.61. The first kappa shape index (κ1) is 19.9. The highest BCUT2D eigenvalue weighted by Crippen LogP contribution is 2.21. The summed E-state index contributed by atoms with van der Waals surface area (Å²) in [5.41, 5.74) is 3.03. The molecule has 0 bridgehead atoms. The molecule has 2 atom stereocenters. The van der Waals surface area contributed by atoms with Gasteiger partial charge in [-0.15, -0.1) is 0 Å². The van der Waals surface area contributed by atoms with Gasteiger partial charge in [0, 0.05) is 24.3 Å². The number of rotatable bonds is 7. The van der Waals surface area contributed by atoms with Crippen LogP contribution < -0.4 is 9.46 Å².